The van der Waals surface area contributed by atoms with E-state index < -0.39 is 0 Å². The Morgan fingerprint density at radius 2 is 1.92 bits per heavy atom. The van der Waals surface area contributed by atoms with E-state index in [1.54, 1.807) is 0 Å². The summed E-state index contributed by atoms with van der Waals surface area (Å²) in [4.78, 5) is 10.6. The monoisotopic (exact) mass is 324 g/mol. The normalized spacial score (nSPS) is 13.0. The maximum Gasteiger partial charge on any atom is 0.150 e. The van der Waals surface area contributed by atoms with E-state index in [-0.39, 0.29) is 0 Å². The number of hydrogen-bond donors (Lipinski definition) is 2. The predicted molar refractivity (Wildman–Crippen MR) is 104 cm³/mol. The summed E-state index contributed by atoms with van der Waals surface area (Å²) < 4.78 is 0. The summed E-state index contributed by atoms with van der Waals surface area (Å²) >= 11 is 0. The van der Waals surface area contributed by atoms with Gasteiger partial charge in [-0.2, -0.15) is 0 Å². The maximum atomic E-state index is 4.56. The molecule has 0 bridgehead atoms. The molecule has 2 aromatic heterocycles. The highest BCUT2D eigenvalue weighted by molar-refractivity contribution is 6.10. The number of hydrogen-bond acceptors (Lipinski definition) is 3. The molecule has 0 saturated carbocycles. The Balaban J connectivity index is 1.71. The lowest BCUT2D eigenvalue weighted by molar-refractivity contribution is 0.295. The summed E-state index contributed by atoms with van der Waals surface area (Å²) in [6.07, 6.45) is 4.25. The molecule has 1 unspecified atom stereocenters. The molecule has 0 aliphatic heterocycles. The van der Waals surface area contributed by atoms with Crippen molar-refractivity contribution < 1.29 is 0 Å². The lowest BCUT2D eigenvalue weighted by Gasteiger charge is -2.20. The summed E-state index contributed by atoms with van der Waals surface area (Å²) in [5.74, 6) is 0.957. The zero-order valence-electron chi connectivity index (χ0n) is 15.0. The van der Waals surface area contributed by atoms with Gasteiger partial charge in [-0.05, 0) is 51.5 Å². The van der Waals surface area contributed by atoms with Crippen LogP contribution in [0.3, 0.4) is 0 Å². The van der Waals surface area contributed by atoms with Gasteiger partial charge < -0.3 is 15.2 Å². The summed E-state index contributed by atoms with van der Waals surface area (Å²) in [6, 6.07) is 10.9. The first-order valence-corrected chi connectivity index (χ1v) is 9.07. The number of nitrogens with zero attached hydrogens (tertiary/aromatic N) is 2. The third-order valence-electron chi connectivity index (χ3n) is 4.82. The Morgan fingerprint density at radius 3 is 2.71 bits per heavy atom. The minimum atomic E-state index is 0.407. The van der Waals surface area contributed by atoms with Crippen LogP contribution in [0.5, 0.6) is 0 Å². The van der Waals surface area contributed by atoms with Crippen molar-refractivity contribution in [3.8, 4) is 0 Å². The van der Waals surface area contributed by atoms with Gasteiger partial charge in [-0.25, -0.2) is 4.98 Å². The Kier molecular flexibility index (Phi) is 5.36. The van der Waals surface area contributed by atoms with Crippen molar-refractivity contribution >= 4 is 27.6 Å². The average molecular weight is 324 g/mol. The SMILES string of the molecule is CCN(CC)CCCC(C)Nc1nccc2c1[nH]c1ccccc12. The first-order chi connectivity index (χ1) is 11.7. The molecule has 0 fully saturated rings. The highest BCUT2D eigenvalue weighted by atomic mass is 15.1. The van der Waals surface area contributed by atoms with E-state index in [9.17, 15) is 0 Å². The van der Waals surface area contributed by atoms with Crippen molar-refractivity contribution in [2.24, 2.45) is 0 Å². The fraction of sp³-hybridized carbons (Fsp3) is 0.450. The van der Waals surface area contributed by atoms with Crippen molar-refractivity contribution in [2.45, 2.75) is 39.7 Å². The second kappa shape index (κ2) is 7.67. The van der Waals surface area contributed by atoms with Crippen molar-refractivity contribution in [1.29, 1.82) is 0 Å². The van der Waals surface area contributed by atoms with E-state index in [0.29, 0.717) is 6.04 Å². The predicted octanol–water partition coefficient (Wildman–Crippen LogP) is 4.64. The molecule has 0 amide bonds. The molecular weight excluding hydrogens is 296 g/mol. The van der Waals surface area contributed by atoms with Gasteiger partial charge in [-0.15, -0.1) is 0 Å². The average Bonchev–Trinajstić information content (AvgIpc) is 2.99. The number of aromatic amines is 1. The molecule has 4 heteroatoms. The van der Waals surface area contributed by atoms with E-state index >= 15 is 0 Å². The van der Waals surface area contributed by atoms with E-state index in [1.807, 2.05) is 6.20 Å². The smallest absolute Gasteiger partial charge is 0.150 e. The second-order valence-corrected chi connectivity index (χ2v) is 6.47. The first kappa shape index (κ1) is 16.8. The first-order valence-electron chi connectivity index (χ1n) is 9.07. The number of nitrogens with one attached hydrogen (secondary N) is 2. The molecule has 3 aromatic rings. The van der Waals surface area contributed by atoms with Crippen molar-refractivity contribution in [3.05, 3.63) is 36.5 Å². The number of anilines is 1. The Morgan fingerprint density at radius 1 is 1.12 bits per heavy atom. The zero-order chi connectivity index (χ0) is 16.9. The van der Waals surface area contributed by atoms with E-state index in [4.69, 9.17) is 0 Å². The van der Waals surface area contributed by atoms with Crippen molar-refractivity contribution in [2.75, 3.05) is 25.0 Å². The molecule has 0 saturated heterocycles. The lowest BCUT2D eigenvalue weighted by Crippen LogP contribution is -2.25. The van der Waals surface area contributed by atoms with Crippen LogP contribution in [0.1, 0.15) is 33.6 Å². The number of rotatable bonds is 8. The standard InChI is InChI=1S/C20H28N4/c1-4-24(5-2)14-8-9-15(3)22-20-19-17(12-13-21-20)16-10-6-7-11-18(16)23-19/h6-7,10-13,15,23H,4-5,8-9,14H2,1-3H3,(H,21,22). The molecule has 0 radical (unpaired) electrons. The molecule has 0 aliphatic carbocycles. The van der Waals surface area contributed by atoms with Gasteiger partial charge >= 0.3 is 0 Å². The fourth-order valence-corrected chi connectivity index (χ4v) is 3.35. The van der Waals surface area contributed by atoms with Crippen LogP contribution in [0.4, 0.5) is 5.82 Å². The highest BCUT2D eigenvalue weighted by Gasteiger charge is 2.11. The molecule has 1 atom stereocenters. The zero-order valence-corrected chi connectivity index (χ0v) is 15.0. The number of fused-ring (bicyclic) bond motifs is 3. The highest BCUT2D eigenvalue weighted by Crippen LogP contribution is 2.29. The van der Waals surface area contributed by atoms with Gasteiger partial charge in [0.15, 0.2) is 5.82 Å². The molecular formula is C20H28N4. The molecule has 2 N–H and O–H groups in total. The summed E-state index contributed by atoms with van der Waals surface area (Å²) in [5, 5.41) is 6.09. The van der Waals surface area contributed by atoms with Crippen LogP contribution in [-0.2, 0) is 0 Å². The molecule has 4 nitrogen and oxygen atoms in total. The summed E-state index contributed by atoms with van der Waals surface area (Å²) in [7, 11) is 0. The molecule has 128 valence electrons. The second-order valence-electron chi connectivity index (χ2n) is 6.47. The third-order valence-corrected chi connectivity index (χ3v) is 4.82. The lowest BCUT2D eigenvalue weighted by atomic mass is 10.1. The summed E-state index contributed by atoms with van der Waals surface area (Å²) in [5.41, 5.74) is 2.27. The molecule has 24 heavy (non-hydrogen) atoms. The van der Waals surface area contributed by atoms with Gasteiger partial charge in [-0.1, -0.05) is 32.0 Å². The van der Waals surface area contributed by atoms with Crippen molar-refractivity contribution in [1.82, 2.24) is 14.9 Å². The van der Waals surface area contributed by atoms with Gasteiger partial charge in [0.2, 0.25) is 0 Å². The third kappa shape index (κ3) is 3.54. The van der Waals surface area contributed by atoms with Crippen LogP contribution < -0.4 is 5.32 Å². The van der Waals surface area contributed by atoms with E-state index in [0.717, 1.165) is 36.4 Å². The van der Waals surface area contributed by atoms with Gasteiger partial charge in [0, 0.05) is 28.5 Å². The number of aromatic nitrogens is 2. The van der Waals surface area contributed by atoms with Crippen LogP contribution in [0.2, 0.25) is 0 Å². The maximum absolute atomic E-state index is 4.56. The van der Waals surface area contributed by atoms with Crippen LogP contribution in [0.15, 0.2) is 36.5 Å². The van der Waals surface area contributed by atoms with Gasteiger partial charge in [0.05, 0.1) is 5.52 Å². The molecule has 0 spiro atoms. The fourth-order valence-electron chi connectivity index (χ4n) is 3.35. The van der Waals surface area contributed by atoms with E-state index in [1.165, 1.54) is 23.7 Å². The number of para-hydroxylation sites is 1. The minimum absolute atomic E-state index is 0.407. The topological polar surface area (TPSA) is 44.0 Å². The largest absolute Gasteiger partial charge is 0.366 e. The summed E-state index contributed by atoms with van der Waals surface area (Å²) in [6.45, 7) is 10.1. The number of benzene rings is 1. The Hall–Kier alpha value is -2.07. The van der Waals surface area contributed by atoms with Crippen molar-refractivity contribution in [3.63, 3.8) is 0 Å². The molecule has 1 aromatic carbocycles. The van der Waals surface area contributed by atoms with Crippen LogP contribution >= 0.6 is 0 Å². The number of H-pyrrole nitrogens is 1. The van der Waals surface area contributed by atoms with Gasteiger partial charge in [0.1, 0.15) is 0 Å². The van der Waals surface area contributed by atoms with E-state index in [2.05, 4.69) is 71.3 Å². The molecule has 3 rings (SSSR count). The Labute approximate surface area is 144 Å². The molecule has 0 aliphatic rings. The Bertz CT molecular complexity index is 789. The minimum Gasteiger partial charge on any atom is -0.366 e. The van der Waals surface area contributed by atoms with Gasteiger partial charge in [-0.3, -0.25) is 0 Å². The van der Waals surface area contributed by atoms with Crippen LogP contribution in [0.25, 0.3) is 21.8 Å². The number of pyridine rings is 1. The van der Waals surface area contributed by atoms with Crippen LogP contribution in [-0.4, -0.2) is 40.5 Å². The van der Waals surface area contributed by atoms with Gasteiger partial charge in [0.25, 0.3) is 0 Å². The molecule has 2 heterocycles. The van der Waals surface area contributed by atoms with Crippen LogP contribution in [0, 0.1) is 0 Å². The quantitative estimate of drug-likeness (QED) is 0.634.